The molecular weight excluding hydrogens is 629 g/mol. The van der Waals surface area contributed by atoms with Gasteiger partial charge in [0.15, 0.2) is 0 Å². The molecule has 8 rings (SSSR count). The Morgan fingerprint density at radius 2 is 1.96 bits per heavy atom. The molecule has 1 saturated carbocycles. The quantitative estimate of drug-likeness (QED) is 0.165. The molecule has 3 aromatic heterocycles. The molecule has 48 heavy (non-hydrogen) atoms. The molecule has 1 aliphatic heterocycles. The molecule has 3 aromatic carbocycles. The normalized spacial score (nSPS) is 15.2. The summed E-state index contributed by atoms with van der Waals surface area (Å²) < 4.78 is 22.0. The van der Waals surface area contributed by atoms with Crippen molar-refractivity contribution in [2.45, 2.75) is 38.3 Å². The van der Waals surface area contributed by atoms with Crippen LogP contribution in [0.1, 0.15) is 58.3 Å². The zero-order valence-electron chi connectivity index (χ0n) is 26.3. The minimum Gasteiger partial charge on any atom is -0.473 e. The first kappa shape index (κ1) is 30.3. The van der Waals surface area contributed by atoms with Crippen molar-refractivity contribution in [3.63, 3.8) is 0 Å². The largest absolute Gasteiger partial charge is 0.473 e. The lowest BCUT2D eigenvalue weighted by molar-refractivity contribution is 0.102. The van der Waals surface area contributed by atoms with Crippen molar-refractivity contribution in [2.75, 3.05) is 18.4 Å². The predicted octanol–water partition coefficient (Wildman–Crippen LogP) is 7.64. The van der Waals surface area contributed by atoms with Crippen LogP contribution in [0.5, 0.6) is 5.88 Å². The zero-order chi connectivity index (χ0) is 32.8. The van der Waals surface area contributed by atoms with E-state index in [-0.39, 0.29) is 12.5 Å². The number of carbonyl (C=O) groups excluding carboxylic acids is 1. The number of imidazole rings is 1. The number of pyridine rings is 1. The molecule has 0 bridgehead atoms. The van der Waals surface area contributed by atoms with Crippen LogP contribution < -0.4 is 10.1 Å². The molecule has 2 aliphatic rings. The Morgan fingerprint density at radius 3 is 2.77 bits per heavy atom. The second kappa shape index (κ2) is 12.5. The molecule has 0 radical (unpaired) electrons. The molecule has 242 valence electrons. The van der Waals surface area contributed by atoms with E-state index in [1.165, 1.54) is 18.9 Å². The van der Waals surface area contributed by atoms with Crippen molar-refractivity contribution >= 4 is 50.7 Å². The molecule has 6 aromatic rings. The number of fused-ring (bicyclic) bond motifs is 2. The number of aromatic nitrogens is 5. The highest BCUT2D eigenvalue weighted by Crippen LogP contribution is 2.42. The van der Waals surface area contributed by atoms with Gasteiger partial charge in [0.2, 0.25) is 5.88 Å². The summed E-state index contributed by atoms with van der Waals surface area (Å²) in [5, 5.41) is 12.1. The Balaban J connectivity index is 0.914. The van der Waals surface area contributed by atoms with Crippen LogP contribution in [-0.4, -0.2) is 48.6 Å². The number of nitrogens with one attached hydrogen (secondary N) is 2. The Labute approximate surface area is 281 Å². The Bertz CT molecular complexity index is 2220. The summed E-state index contributed by atoms with van der Waals surface area (Å²) in [5.74, 6) is 1.34. The van der Waals surface area contributed by atoms with E-state index in [1.807, 2.05) is 55.6 Å². The molecule has 11 heteroatoms. The van der Waals surface area contributed by atoms with Gasteiger partial charge < -0.3 is 14.6 Å². The van der Waals surface area contributed by atoms with Gasteiger partial charge in [-0.25, -0.2) is 14.4 Å². The summed E-state index contributed by atoms with van der Waals surface area (Å²) in [7, 11) is 2.01. The standard InChI is InChI=1S/C37H33ClFN7O2/c1-45-33-12-8-24(37(47)40-27-10-11-31-28(19-27)36(44-43-31)23-5-6-23)17-32(33)41-34(45)20-46-15-13-22(14-16-46)30-3-2-4-35(42-30)48-21-25-7-9-26(38)18-29(25)39/h2-4,7-13,17-19,23H,5-6,14-16,20-21H2,1H3,(H,40,47)(H,43,44). The van der Waals surface area contributed by atoms with Crippen LogP contribution in [0, 0.1) is 5.82 Å². The van der Waals surface area contributed by atoms with Crippen molar-refractivity contribution in [3.05, 3.63) is 118 Å². The number of H-pyrrole nitrogens is 1. The molecule has 9 nitrogen and oxygen atoms in total. The van der Waals surface area contributed by atoms with E-state index in [1.54, 1.807) is 18.2 Å². The fourth-order valence-corrected chi connectivity index (χ4v) is 6.44. The van der Waals surface area contributed by atoms with Gasteiger partial charge in [0, 0.05) is 65.0 Å². The number of aromatic amines is 1. The Hall–Kier alpha value is -5.06. The fourth-order valence-electron chi connectivity index (χ4n) is 6.28. The molecule has 1 aliphatic carbocycles. The monoisotopic (exact) mass is 661 g/mol. The second-order valence-electron chi connectivity index (χ2n) is 12.5. The summed E-state index contributed by atoms with van der Waals surface area (Å²) in [4.78, 5) is 25.2. The molecule has 0 atom stereocenters. The van der Waals surface area contributed by atoms with Crippen molar-refractivity contribution in [2.24, 2.45) is 7.05 Å². The highest BCUT2D eigenvalue weighted by Gasteiger charge is 2.27. The smallest absolute Gasteiger partial charge is 0.255 e. The van der Waals surface area contributed by atoms with E-state index in [0.717, 1.165) is 69.9 Å². The number of benzene rings is 3. The number of nitrogens with zero attached hydrogens (tertiary/aromatic N) is 5. The van der Waals surface area contributed by atoms with Crippen LogP contribution in [0.2, 0.25) is 5.02 Å². The molecule has 2 N–H and O–H groups in total. The molecule has 1 amide bonds. The number of rotatable bonds is 9. The number of hydrogen-bond acceptors (Lipinski definition) is 6. The number of anilines is 1. The van der Waals surface area contributed by atoms with Gasteiger partial charge in [-0.1, -0.05) is 29.8 Å². The topological polar surface area (TPSA) is 101 Å². The van der Waals surface area contributed by atoms with E-state index in [4.69, 9.17) is 21.3 Å². The van der Waals surface area contributed by atoms with Gasteiger partial charge in [-0.15, -0.1) is 0 Å². The lowest BCUT2D eigenvalue weighted by atomic mass is 10.0. The van der Waals surface area contributed by atoms with Crippen LogP contribution >= 0.6 is 11.6 Å². The van der Waals surface area contributed by atoms with Gasteiger partial charge in [-0.2, -0.15) is 5.10 Å². The van der Waals surface area contributed by atoms with Gasteiger partial charge in [0.25, 0.3) is 5.91 Å². The number of carbonyl (C=O) groups is 1. The fraction of sp³-hybridized carbons (Fsp3) is 0.243. The number of ether oxygens (including phenoxy) is 1. The van der Waals surface area contributed by atoms with E-state index < -0.39 is 5.82 Å². The van der Waals surface area contributed by atoms with Crippen molar-refractivity contribution in [3.8, 4) is 5.88 Å². The number of hydrogen-bond donors (Lipinski definition) is 2. The highest BCUT2D eigenvalue weighted by atomic mass is 35.5. The zero-order valence-corrected chi connectivity index (χ0v) is 27.1. The van der Waals surface area contributed by atoms with Gasteiger partial charge >= 0.3 is 0 Å². The average molecular weight is 662 g/mol. The second-order valence-corrected chi connectivity index (χ2v) is 12.9. The van der Waals surface area contributed by atoms with Crippen LogP contribution in [0.3, 0.4) is 0 Å². The average Bonchev–Trinajstić information content (AvgIpc) is 3.78. The van der Waals surface area contributed by atoms with E-state index >= 15 is 0 Å². The van der Waals surface area contributed by atoms with E-state index in [0.29, 0.717) is 34.5 Å². The highest BCUT2D eigenvalue weighted by molar-refractivity contribution is 6.30. The van der Waals surface area contributed by atoms with Crippen LogP contribution in [-0.2, 0) is 20.2 Å². The molecule has 0 saturated heterocycles. The summed E-state index contributed by atoms with van der Waals surface area (Å²) in [6, 6.07) is 21.7. The number of halogens is 2. The van der Waals surface area contributed by atoms with Gasteiger partial charge in [0.05, 0.1) is 28.8 Å². The molecule has 0 unspecified atom stereocenters. The maximum atomic E-state index is 14.2. The third-order valence-corrected chi connectivity index (χ3v) is 9.40. The van der Waals surface area contributed by atoms with Crippen molar-refractivity contribution in [1.82, 2.24) is 29.6 Å². The molecule has 1 fully saturated rings. The lowest BCUT2D eigenvalue weighted by Crippen LogP contribution is -2.29. The van der Waals surface area contributed by atoms with Crippen LogP contribution in [0.15, 0.2) is 78.9 Å². The maximum Gasteiger partial charge on any atom is 0.255 e. The number of amides is 1. The minimum absolute atomic E-state index is 0.0693. The summed E-state index contributed by atoms with van der Waals surface area (Å²) in [6.07, 6.45) is 5.36. The molecule has 0 spiro atoms. The van der Waals surface area contributed by atoms with Gasteiger partial charge in [-0.05, 0) is 79.4 Å². The van der Waals surface area contributed by atoms with Crippen LogP contribution in [0.25, 0.3) is 27.5 Å². The Kier molecular flexibility index (Phi) is 7.90. The van der Waals surface area contributed by atoms with Crippen molar-refractivity contribution in [1.29, 1.82) is 0 Å². The van der Waals surface area contributed by atoms with Gasteiger partial charge in [0.1, 0.15) is 18.2 Å². The summed E-state index contributed by atoms with van der Waals surface area (Å²) in [6.45, 7) is 2.33. The first-order valence-electron chi connectivity index (χ1n) is 16.1. The van der Waals surface area contributed by atoms with Crippen molar-refractivity contribution < 1.29 is 13.9 Å². The summed E-state index contributed by atoms with van der Waals surface area (Å²) >= 11 is 5.86. The SMILES string of the molecule is Cn1c(CN2CC=C(c3cccc(OCc4ccc(Cl)cc4F)n3)CC2)nc2cc(C(=O)Nc3ccc4n[nH]c(C5CC5)c4c3)ccc21. The Morgan fingerprint density at radius 1 is 1.06 bits per heavy atom. The predicted molar refractivity (Wildman–Crippen MR) is 185 cm³/mol. The van der Waals surface area contributed by atoms with E-state index in [9.17, 15) is 9.18 Å². The maximum absolute atomic E-state index is 14.2. The molecule has 4 heterocycles. The third-order valence-electron chi connectivity index (χ3n) is 9.16. The lowest BCUT2D eigenvalue weighted by Gasteiger charge is -2.25. The first-order chi connectivity index (χ1) is 23.4. The minimum atomic E-state index is -0.401. The first-order valence-corrected chi connectivity index (χ1v) is 16.5. The van der Waals surface area contributed by atoms with Crippen LogP contribution in [0.4, 0.5) is 10.1 Å². The van der Waals surface area contributed by atoms with E-state index in [2.05, 4.69) is 36.0 Å². The summed E-state index contributed by atoms with van der Waals surface area (Å²) in [5.41, 5.74) is 7.56. The third kappa shape index (κ3) is 6.16. The number of aryl methyl sites for hydroxylation is 1. The molecular formula is C37H33ClFN7O2. The van der Waals surface area contributed by atoms with Gasteiger partial charge in [-0.3, -0.25) is 14.8 Å².